The maximum Gasteiger partial charge on any atom is 0.271 e. The lowest BCUT2D eigenvalue weighted by molar-refractivity contribution is 0.0954. The number of fused-ring (bicyclic) bond motifs is 1. The Kier molecular flexibility index (Phi) is 4.01. The van der Waals surface area contributed by atoms with Crippen LogP contribution in [0.1, 0.15) is 15.9 Å². The number of nitrogens with one attached hydrogen (secondary N) is 1. The average Bonchev–Trinajstić information content (AvgIpc) is 2.56. The van der Waals surface area contributed by atoms with Crippen LogP contribution in [0.25, 0.3) is 10.8 Å². The minimum Gasteiger partial charge on any atom is -0.507 e. The fraction of sp³-hybridized carbons (Fsp3) is 0. The molecule has 0 saturated carbocycles. The number of phenols is 1. The van der Waals surface area contributed by atoms with E-state index in [4.69, 9.17) is 0 Å². The van der Waals surface area contributed by atoms with Crippen LogP contribution in [0.5, 0.6) is 5.75 Å². The van der Waals surface area contributed by atoms with Gasteiger partial charge in [0.05, 0.1) is 6.21 Å². The van der Waals surface area contributed by atoms with Crippen LogP contribution >= 0.6 is 0 Å². The number of carbonyl (C=O) groups is 1. The van der Waals surface area contributed by atoms with E-state index in [2.05, 4.69) is 10.5 Å². The van der Waals surface area contributed by atoms with Gasteiger partial charge in [-0.25, -0.2) is 9.82 Å². The number of hydrogen-bond donors (Lipinski definition) is 2. The van der Waals surface area contributed by atoms with E-state index in [0.717, 1.165) is 16.8 Å². The molecule has 1 amide bonds. The molecule has 3 rings (SSSR count). The van der Waals surface area contributed by atoms with Crippen molar-refractivity contribution in [1.29, 1.82) is 0 Å². The molecule has 2 N–H and O–H groups in total. The highest BCUT2D eigenvalue weighted by molar-refractivity contribution is 6.03. The second-order valence-electron chi connectivity index (χ2n) is 4.93. The Labute approximate surface area is 131 Å². The Morgan fingerprint density at radius 3 is 2.74 bits per heavy atom. The van der Waals surface area contributed by atoms with Gasteiger partial charge in [-0.15, -0.1) is 0 Å². The maximum atomic E-state index is 13.1. The van der Waals surface area contributed by atoms with Crippen LogP contribution in [0.4, 0.5) is 4.39 Å². The van der Waals surface area contributed by atoms with Gasteiger partial charge in [0.1, 0.15) is 11.6 Å². The van der Waals surface area contributed by atoms with Gasteiger partial charge in [0, 0.05) is 11.1 Å². The Morgan fingerprint density at radius 1 is 1.09 bits per heavy atom. The highest BCUT2D eigenvalue weighted by Gasteiger charge is 2.06. The van der Waals surface area contributed by atoms with Gasteiger partial charge in [0.2, 0.25) is 0 Å². The molecular weight excluding hydrogens is 295 g/mol. The second kappa shape index (κ2) is 6.27. The number of hydrogen-bond acceptors (Lipinski definition) is 3. The zero-order chi connectivity index (χ0) is 16.2. The summed E-state index contributed by atoms with van der Waals surface area (Å²) in [5, 5.41) is 15.6. The van der Waals surface area contributed by atoms with Crippen LogP contribution in [0.15, 0.2) is 65.8 Å². The van der Waals surface area contributed by atoms with Crippen LogP contribution in [-0.4, -0.2) is 17.2 Å². The minimum atomic E-state index is -0.527. The van der Waals surface area contributed by atoms with E-state index in [9.17, 15) is 14.3 Å². The van der Waals surface area contributed by atoms with E-state index in [1.165, 1.54) is 24.4 Å². The lowest BCUT2D eigenvalue weighted by Gasteiger charge is -2.05. The molecule has 3 aromatic carbocycles. The van der Waals surface area contributed by atoms with Gasteiger partial charge >= 0.3 is 0 Å². The molecule has 0 aliphatic rings. The monoisotopic (exact) mass is 308 g/mol. The molecule has 23 heavy (non-hydrogen) atoms. The first-order valence-electron chi connectivity index (χ1n) is 6.95. The highest BCUT2D eigenvalue weighted by Crippen LogP contribution is 2.25. The summed E-state index contributed by atoms with van der Waals surface area (Å²) in [6, 6.07) is 16.2. The molecule has 0 atom stereocenters. The van der Waals surface area contributed by atoms with Gasteiger partial charge in [-0.1, -0.05) is 36.4 Å². The largest absolute Gasteiger partial charge is 0.507 e. The number of benzene rings is 3. The summed E-state index contributed by atoms with van der Waals surface area (Å²) in [6.45, 7) is 0. The first-order valence-corrected chi connectivity index (χ1v) is 6.95. The molecule has 0 heterocycles. The number of carbonyl (C=O) groups excluding carboxylic acids is 1. The van der Waals surface area contributed by atoms with Crippen molar-refractivity contribution in [2.75, 3.05) is 0 Å². The van der Waals surface area contributed by atoms with Crippen LogP contribution in [0.2, 0.25) is 0 Å². The summed E-state index contributed by atoms with van der Waals surface area (Å²) in [7, 11) is 0. The Balaban J connectivity index is 1.84. The quantitative estimate of drug-likeness (QED) is 0.575. The molecule has 0 radical (unpaired) electrons. The Hall–Kier alpha value is -3.21. The summed E-state index contributed by atoms with van der Waals surface area (Å²) >= 11 is 0. The molecular formula is C18H13FN2O2. The van der Waals surface area contributed by atoms with Crippen LogP contribution in [0, 0.1) is 5.82 Å². The lowest BCUT2D eigenvalue weighted by Crippen LogP contribution is -2.17. The van der Waals surface area contributed by atoms with E-state index in [1.807, 2.05) is 24.3 Å². The van der Waals surface area contributed by atoms with Crippen molar-refractivity contribution >= 4 is 22.9 Å². The number of hydrazone groups is 1. The van der Waals surface area contributed by atoms with E-state index >= 15 is 0 Å². The van der Waals surface area contributed by atoms with Gasteiger partial charge in [-0.2, -0.15) is 5.10 Å². The number of aromatic hydroxyl groups is 1. The standard InChI is InChI=1S/C18H13FN2O2/c19-14-6-3-5-13(10-14)18(23)21-20-11-16-15-7-2-1-4-12(15)8-9-17(16)22/h1-11,22H,(H,21,23). The highest BCUT2D eigenvalue weighted by atomic mass is 19.1. The molecule has 0 saturated heterocycles. The smallest absolute Gasteiger partial charge is 0.271 e. The normalized spacial score (nSPS) is 11.0. The van der Waals surface area contributed by atoms with Crippen molar-refractivity contribution in [3.63, 3.8) is 0 Å². The summed E-state index contributed by atoms with van der Waals surface area (Å²) in [5.74, 6) is -0.957. The molecule has 0 unspecified atom stereocenters. The summed E-state index contributed by atoms with van der Waals surface area (Å²) in [4.78, 5) is 11.9. The summed E-state index contributed by atoms with van der Waals surface area (Å²) in [6.07, 6.45) is 1.37. The zero-order valence-corrected chi connectivity index (χ0v) is 12.0. The number of rotatable bonds is 3. The topological polar surface area (TPSA) is 61.7 Å². The molecule has 0 aliphatic carbocycles. The van der Waals surface area contributed by atoms with Crippen molar-refractivity contribution in [3.05, 3.63) is 77.6 Å². The van der Waals surface area contributed by atoms with Gasteiger partial charge in [0.15, 0.2) is 0 Å². The molecule has 0 fully saturated rings. The molecule has 114 valence electrons. The molecule has 5 heteroatoms. The average molecular weight is 308 g/mol. The molecule has 0 spiro atoms. The third-order valence-electron chi connectivity index (χ3n) is 3.39. The van der Waals surface area contributed by atoms with Gasteiger partial charge in [0.25, 0.3) is 5.91 Å². The van der Waals surface area contributed by atoms with E-state index in [0.29, 0.717) is 5.56 Å². The summed E-state index contributed by atoms with van der Waals surface area (Å²) in [5.41, 5.74) is 2.99. The lowest BCUT2D eigenvalue weighted by atomic mass is 10.0. The number of halogens is 1. The molecule has 0 bridgehead atoms. The van der Waals surface area contributed by atoms with Crippen molar-refractivity contribution in [2.24, 2.45) is 5.10 Å². The maximum absolute atomic E-state index is 13.1. The second-order valence-corrected chi connectivity index (χ2v) is 4.93. The first kappa shape index (κ1) is 14.7. The molecule has 4 nitrogen and oxygen atoms in total. The van der Waals surface area contributed by atoms with Crippen molar-refractivity contribution in [2.45, 2.75) is 0 Å². The predicted molar refractivity (Wildman–Crippen MR) is 87.1 cm³/mol. The number of nitrogens with zero attached hydrogens (tertiary/aromatic N) is 1. The molecule has 0 aromatic heterocycles. The van der Waals surface area contributed by atoms with Crippen molar-refractivity contribution < 1.29 is 14.3 Å². The van der Waals surface area contributed by atoms with Crippen molar-refractivity contribution in [3.8, 4) is 5.75 Å². The van der Waals surface area contributed by atoms with Crippen molar-refractivity contribution in [1.82, 2.24) is 5.43 Å². The third kappa shape index (κ3) is 3.18. The Bertz CT molecular complexity index is 906. The first-order chi connectivity index (χ1) is 11.1. The predicted octanol–water partition coefficient (Wildman–Crippen LogP) is 3.45. The minimum absolute atomic E-state index is 0.0625. The van der Waals surface area contributed by atoms with Gasteiger partial charge in [-0.3, -0.25) is 4.79 Å². The fourth-order valence-electron chi connectivity index (χ4n) is 2.27. The van der Waals surface area contributed by atoms with E-state index in [1.54, 1.807) is 12.1 Å². The van der Waals surface area contributed by atoms with Gasteiger partial charge < -0.3 is 5.11 Å². The van der Waals surface area contributed by atoms with Crippen LogP contribution in [0.3, 0.4) is 0 Å². The van der Waals surface area contributed by atoms with E-state index in [-0.39, 0.29) is 11.3 Å². The molecule has 0 aliphatic heterocycles. The molecule has 3 aromatic rings. The number of phenolic OH excluding ortho intramolecular Hbond substituents is 1. The fourth-order valence-corrected chi connectivity index (χ4v) is 2.27. The van der Waals surface area contributed by atoms with Crippen LogP contribution in [-0.2, 0) is 0 Å². The number of amides is 1. The zero-order valence-electron chi connectivity index (χ0n) is 12.0. The third-order valence-corrected chi connectivity index (χ3v) is 3.39. The van der Waals surface area contributed by atoms with Crippen LogP contribution < -0.4 is 5.43 Å². The SMILES string of the molecule is O=C(NN=Cc1c(O)ccc2ccccc12)c1cccc(F)c1. The Morgan fingerprint density at radius 2 is 1.91 bits per heavy atom. The van der Waals surface area contributed by atoms with Gasteiger partial charge in [-0.05, 0) is 35.0 Å². The van der Waals surface area contributed by atoms with E-state index < -0.39 is 11.7 Å². The summed E-state index contributed by atoms with van der Waals surface area (Å²) < 4.78 is 13.1.